The molecule has 0 saturated carbocycles. The third kappa shape index (κ3) is 3.69. The second-order valence-corrected chi connectivity index (χ2v) is 7.25. The zero-order valence-electron chi connectivity index (χ0n) is 15.2. The van der Waals surface area contributed by atoms with Gasteiger partial charge in [0.25, 0.3) is 0 Å². The highest BCUT2D eigenvalue weighted by Crippen LogP contribution is 2.36. The fourth-order valence-electron chi connectivity index (χ4n) is 2.95. The maximum atomic E-state index is 5.85. The van der Waals surface area contributed by atoms with E-state index in [2.05, 4.69) is 26.1 Å². The number of ether oxygens (including phenoxy) is 3. The van der Waals surface area contributed by atoms with Crippen molar-refractivity contribution < 1.29 is 18.6 Å². The molecule has 6 nitrogen and oxygen atoms in total. The zero-order valence-corrected chi connectivity index (χ0v) is 16.8. The summed E-state index contributed by atoms with van der Waals surface area (Å²) in [5.74, 6) is 3.09. The molecule has 144 valence electrons. The molecule has 3 aromatic carbocycles. The largest absolute Gasteiger partial charge is 0.488 e. The van der Waals surface area contributed by atoms with Gasteiger partial charge >= 0.3 is 0 Å². The van der Waals surface area contributed by atoms with Crippen molar-refractivity contribution in [1.29, 1.82) is 0 Å². The lowest BCUT2D eigenvalue weighted by Gasteiger charge is -2.08. The second-order valence-electron chi connectivity index (χ2n) is 6.40. The topological polar surface area (TPSA) is 66.6 Å². The Hall–Kier alpha value is -3.32. The number of benzene rings is 3. The molecule has 0 bridgehead atoms. The minimum Gasteiger partial charge on any atom is -0.488 e. The van der Waals surface area contributed by atoms with Crippen LogP contribution in [0, 0.1) is 0 Å². The van der Waals surface area contributed by atoms with Crippen molar-refractivity contribution in [3.63, 3.8) is 0 Å². The van der Waals surface area contributed by atoms with E-state index >= 15 is 0 Å². The van der Waals surface area contributed by atoms with Crippen molar-refractivity contribution in [3.05, 3.63) is 76.8 Å². The predicted molar refractivity (Wildman–Crippen MR) is 110 cm³/mol. The molecule has 1 aliphatic heterocycles. The standard InChI is InChI=1S/C22H15BrN2O4/c23-17-3-1-2-4-18(17)26-12-14-5-7-15(8-6-14)21-24-25-22(29-21)16-9-10-19-20(11-16)28-13-27-19/h1-11H,12-13H2. The average Bonchev–Trinajstić information content (AvgIpc) is 3.43. The van der Waals surface area contributed by atoms with Gasteiger partial charge in [0.05, 0.1) is 4.47 Å². The van der Waals surface area contributed by atoms with E-state index in [1.165, 1.54) is 0 Å². The number of aromatic nitrogens is 2. The Kier molecular flexibility index (Phi) is 4.65. The molecule has 5 rings (SSSR count). The van der Waals surface area contributed by atoms with Crippen molar-refractivity contribution in [2.75, 3.05) is 6.79 Å². The summed E-state index contributed by atoms with van der Waals surface area (Å²) in [5, 5.41) is 8.32. The van der Waals surface area contributed by atoms with E-state index in [0.717, 1.165) is 26.9 Å². The van der Waals surface area contributed by atoms with Gasteiger partial charge in [-0.3, -0.25) is 0 Å². The van der Waals surface area contributed by atoms with Gasteiger partial charge in [-0.05, 0) is 64.0 Å². The first-order chi connectivity index (χ1) is 14.3. The summed E-state index contributed by atoms with van der Waals surface area (Å²) in [6.07, 6.45) is 0. The van der Waals surface area contributed by atoms with Gasteiger partial charge in [-0.25, -0.2) is 0 Å². The maximum Gasteiger partial charge on any atom is 0.248 e. The first kappa shape index (κ1) is 17.8. The third-order valence-corrected chi connectivity index (χ3v) is 5.13. The summed E-state index contributed by atoms with van der Waals surface area (Å²) in [6, 6.07) is 21.2. The number of para-hydroxylation sites is 1. The summed E-state index contributed by atoms with van der Waals surface area (Å²) in [4.78, 5) is 0. The number of rotatable bonds is 5. The van der Waals surface area contributed by atoms with Gasteiger partial charge in [-0.2, -0.15) is 0 Å². The van der Waals surface area contributed by atoms with Gasteiger partial charge in [0.15, 0.2) is 11.5 Å². The highest BCUT2D eigenvalue weighted by Gasteiger charge is 2.17. The Labute approximate surface area is 175 Å². The number of nitrogens with zero attached hydrogens (tertiary/aromatic N) is 2. The predicted octanol–water partition coefficient (Wildman–Crippen LogP) is 5.47. The van der Waals surface area contributed by atoms with E-state index in [1.54, 1.807) is 0 Å². The molecule has 0 aliphatic carbocycles. The molecule has 7 heteroatoms. The third-order valence-electron chi connectivity index (χ3n) is 4.48. The van der Waals surface area contributed by atoms with Crippen LogP contribution in [0.5, 0.6) is 17.2 Å². The highest BCUT2D eigenvalue weighted by molar-refractivity contribution is 9.10. The van der Waals surface area contributed by atoms with Crippen LogP contribution in [0.3, 0.4) is 0 Å². The fraction of sp³-hybridized carbons (Fsp3) is 0.0909. The van der Waals surface area contributed by atoms with E-state index in [1.807, 2.05) is 66.7 Å². The molecule has 2 heterocycles. The molecular weight excluding hydrogens is 436 g/mol. The van der Waals surface area contributed by atoms with Crippen LogP contribution in [0.15, 0.2) is 75.6 Å². The zero-order chi connectivity index (χ0) is 19.6. The number of hydrogen-bond acceptors (Lipinski definition) is 6. The first-order valence-electron chi connectivity index (χ1n) is 8.96. The van der Waals surface area contributed by atoms with E-state index < -0.39 is 0 Å². The minimum absolute atomic E-state index is 0.227. The SMILES string of the molecule is Brc1ccccc1OCc1ccc(-c2nnc(-c3ccc4c(c3)OCO4)o2)cc1. The molecule has 4 aromatic rings. The molecule has 0 atom stereocenters. The summed E-state index contributed by atoms with van der Waals surface area (Å²) < 4.78 is 23.3. The van der Waals surface area contributed by atoms with E-state index in [-0.39, 0.29) is 6.79 Å². The Morgan fingerprint density at radius 1 is 0.828 bits per heavy atom. The second kappa shape index (κ2) is 7.60. The van der Waals surface area contributed by atoms with Gasteiger partial charge in [-0.1, -0.05) is 24.3 Å². The minimum atomic E-state index is 0.227. The van der Waals surface area contributed by atoms with Crippen LogP contribution >= 0.6 is 15.9 Å². The maximum absolute atomic E-state index is 5.85. The number of halogens is 1. The summed E-state index contributed by atoms with van der Waals surface area (Å²) in [5.41, 5.74) is 2.67. The van der Waals surface area contributed by atoms with E-state index in [0.29, 0.717) is 29.9 Å². The van der Waals surface area contributed by atoms with Gasteiger partial charge in [0, 0.05) is 11.1 Å². The normalized spacial score (nSPS) is 12.2. The molecule has 0 unspecified atom stereocenters. The Morgan fingerprint density at radius 2 is 1.55 bits per heavy atom. The van der Waals surface area contributed by atoms with Gasteiger partial charge in [-0.15, -0.1) is 10.2 Å². The Balaban J connectivity index is 1.30. The van der Waals surface area contributed by atoms with Gasteiger partial charge in [0.2, 0.25) is 18.6 Å². The van der Waals surface area contributed by atoms with E-state index in [9.17, 15) is 0 Å². The molecule has 0 spiro atoms. The molecule has 0 amide bonds. The van der Waals surface area contributed by atoms with Crippen molar-refractivity contribution >= 4 is 15.9 Å². The van der Waals surface area contributed by atoms with Crippen LogP contribution in [0.25, 0.3) is 22.9 Å². The Morgan fingerprint density at radius 3 is 2.38 bits per heavy atom. The van der Waals surface area contributed by atoms with Gasteiger partial charge in [0.1, 0.15) is 12.4 Å². The van der Waals surface area contributed by atoms with Crippen molar-refractivity contribution in [2.24, 2.45) is 0 Å². The lowest BCUT2D eigenvalue weighted by Crippen LogP contribution is -1.95. The molecule has 0 saturated heterocycles. The summed E-state index contributed by atoms with van der Waals surface area (Å²) >= 11 is 3.48. The van der Waals surface area contributed by atoms with Crippen LogP contribution in [0.1, 0.15) is 5.56 Å². The highest BCUT2D eigenvalue weighted by atomic mass is 79.9. The van der Waals surface area contributed by atoms with E-state index in [4.69, 9.17) is 18.6 Å². The van der Waals surface area contributed by atoms with Crippen LogP contribution < -0.4 is 14.2 Å². The number of hydrogen-bond donors (Lipinski definition) is 0. The smallest absolute Gasteiger partial charge is 0.248 e. The summed E-state index contributed by atoms with van der Waals surface area (Å²) in [6.45, 7) is 0.695. The molecular formula is C22H15BrN2O4. The molecule has 0 radical (unpaired) electrons. The molecule has 1 aromatic heterocycles. The van der Waals surface area contributed by atoms with Crippen molar-refractivity contribution in [3.8, 4) is 40.2 Å². The van der Waals surface area contributed by atoms with Crippen LogP contribution in [-0.2, 0) is 6.61 Å². The monoisotopic (exact) mass is 450 g/mol. The summed E-state index contributed by atoms with van der Waals surface area (Å²) in [7, 11) is 0. The fourth-order valence-corrected chi connectivity index (χ4v) is 3.35. The average molecular weight is 451 g/mol. The van der Waals surface area contributed by atoms with Crippen LogP contribution in [-0.4, -0.2) is 17.0 Å². The molecule has 0 N–H and O–H groups in total. The molecule has 1 aliphatic rings. The number of fused-ring (bicyclic) bond motifs is 1. The first-order valence-corrected chi connectivity index (χ1v) is 9.76. The van der Waals surface area contributed by atoms with Crippen molar-refractivity contribution in [2.45, 2.75) is 6.61 Å². The lowest BCUT2D eigenvalue weighted by molar-refractivity contribution is 0.174. The molecule has 29 heavy (non-hydrogen) atoms. The van der Waals surface area contributed by atoms with Crippen molar-refractivity contribution in [1.82, 2.24) is 10.2 Å². The van der Waals surface area contributed by atoms with Crippen LogP contribution in [0.4, 0.5) is 0 Å². The molecule has 0 fully saturated rings. The Bertz CT molecular complexity index is 1160. The van der Waals surface area contributed by atoms with Gasteiger partial charge < -0.3 is 18.6 Å². The van der Waals surface area contributed by atoms with Crippen LogP contribution in [0.2, 0.25) is 0 Å². The lowest BCUT2D eigenvalue weighted by atomic mass is 10.1. The quantitative estimate of drug-likeness (QED) is 0.401.